The normalized spacial score (nSPS) is 27.7. The molecule has 2 unspecified atom stereocenters. The first kappa shape index (κ1) is 14.4. The van der Waals surface area contributed by atoms with Crippen LogP contribution < -0.4 is 10.6 Å². The lowest BCUT2D eigenvalue weighted by Gasteiger charge is -2.28. The molecule has 3 rings (SSSR count). The molecular formula is C15H17F3N2O. The number of piperidine rings is 1. The van der Waals surface area contributed by atoms with Crippen molar-refractivity contribution in [1.82, 2.24) is 5.32 Å². The number of carbonyl (C=O) groups excluding carboxylic acids is 1. The number of halogens is 3. The third-order valence-electron chi connectivity index (χ3n) is 4.35. The highest BCUT2D eigenvalue weighted by Crippen LogP contribution is 2.33. The Bertz CT molecular complexity index is 552. The molecule has 0 saturated carbocycles. The summed E-state index contributed by atoms with van der Waals surface area (Å²) in [5.74, 6) is -4.27. The number of fused-ring (bicyclic) bond motifs is 2. The van der Waals surface area contributed by atoms with E-state index in [0.29, 0.717) is 12.1 Å². The van der Waals surface area contributed by atoms with Crippen molar-refractivity contribution in [2.45, 2.75) is 44.2 Å². The molecule has 1 aromatic rings. The molecule has 2 atom stereocenters. The van der Waals surface area contributed by atoms with Gasteiger partial charge in [0, 0.05) is 18.5 Å². The predicted molar refractivity (Wildman–Crippen MR) is 72.2 cm³/mol. The molecule has 1 amide bonds. The van der Waals surface area contributed by atoms with Gasteiger partial charge >= 0.3 is 0 Å². The molecule has 114 valence electrons. The summed E-state index contributed by atoms with van der Waals surface area (Å²) in [6, 6.07) is 2.79. The van der Waals surface area contributed by atoms with Crippen molar-refractivity contribution >= 4 is 11.6 Å². The summed E-state index contributed by atoms with van der Waals surface area (Å²) < 4.78 is 39.4. The van der Waals surface area contributed by atoms with Crippen molar-refractivity contribution in [1.29, 1.82) is 0 Å². The summed E-state index contributed by atoms with van der Waals surface area (Å²) in [6.45, 7) is 0. The molecule has 3 nitrogen and oxygen atoms in total. The smallest absolute Gasteiger partial charge is 0.224 e. The van der Waals surface area contributed by atoms with Crippen molar-refractivity contribution < 1.29 is 18.0 Å². The molecule has 0 spiro atoms. The van der Waals surface area contributed by atoms with Crippen LogP contribution in [0.5, 0.6) is 0 Å². The fourth-order valence-electron chi connectivity index (χ4n) is 3.43. The zero-order valence-corrected chi connectivity index (χ0v) is 11.5. The first-order chi connectivity index (χ1) is 10.0. The Hall–Kier alpha value is -1.56. The Morgan fingerprint density at radius 3 is 2.48 bits per heavy atom. The molecule has 0 aromatic heterocycles. The summed E-state index contributed by atoms with van der Waals surface area (Å²) in [5, 5.41) is 5.82. The van der Waals surface area contributed by atoms with Crippen LogP contribution in [0.1, 0.15) is 32.1 Å². The van der Waals surface area contributed by atoms with Crippen molar-refractivity contribution in [2.75, 3.05) is 5.32 Å². The zero-order chi connectivity index (χ0) is 15.0. The van der Waals surface area contributed by atoms with Crippen molar-refractivity contribution in [3.8, 4) is 0 Å². The minimum atomic E-state index is -1.56. The second-order valence-electron chi connectivity index (χ2n) is 5.95. The maximum atomic E-state index is 13.5. The zero-order valence-electron chi connectivity index (χ0n) is 11.5. The van der Waals surface area contributed by atoms with Crippen LogP contribution in [0.25, 0.3) is 0 Å². The van der Waals surface area contributed by atoms with Crippen molar-refractivity contribution in [3.63, 3.8) is 0 Å². The van der Waals surface area contributed by atoms with Gasteiger partial charge in [-0.1, -0.05) is 0 Å². The van der Waals surface area contributed by atoms with Gasteiger partial charge in [0.2, 0.25) is 5.91 Å². The van der Waals surface area contributed by atoms with Gasteiger partial charge in [0.05, 0.1) is 5.69 Å². The Kier molecular flexibility index (Phi) is 3.89. The Morgan fingerprint density at radius 2 is 1.81 bits per heavy atom. The average molecular weight is 298 g/mol. The van der Waals surface area contributed by atoms with Gasteiger partial charge in [0.15, 0.2) is 17.5 Å². The number of rotatable bonds is 3. The topological polar surface area (TPSA) is 41.1 Å². The highest BCUT2D eigenvalue weighted by molar-refractivity contribution is 5.91. The van der Waals surface area contributed by atoms with Gasteiger partial charge in [-0.2, -0.15) is 0 Å². The molecule has 2 bridgehead atoms. The number of anilines is 1. The van der Waals surface area contributed by atoms with E-state index in [-0.39, 0.29) is 23.9 Å². The second kappa shape index (κ2) is 5.67. The molecule has 6 heteroatoms. The Morgan fingerprint density at radius 1 is 1.14 bits per heavy atom. The standard InChI is InChI=1S/C15H17F3N2O/c16-11-3-4-12(15(18)14(11)17)20-13(21)7-8-5-9-1-2-10(6-8)19-9/h3-4,8-10,19H,1-2,5-7H2,(H,20,21). The summed E-state index contributed by atoms with van der Waals surface area (Å²) >= 11 is 0. The maximum Gasteiger partial charge on any atom is 0.224 e. The van der Waals surface area contributed by atoms with E-state index in [1.165, 1.54) is 0 Å². The van der Waals surface area contributed by atoms with Gasteiger partial charge in [0.25, 0.3) is 0 Å². The van der Waals surface area contributed by atoms with Crippen LogP contribution >= 0.6 is 0 Å². The first-order valence-corrected chi connectivity index (χ1v) is 7.22. The molecule has 2 saturated heterocycles. The van der Waals surface area contributed by atoms with Crippen LogP contribution in [0.3, 0.4) is 0 Å². The minimum absolute atomic E-state index is 0.261. The Balaban J connectivity index is 1.61. The van der Waals surface area contributed by atoms with E-state index in [4.69, 9.17) is 0 Å². The average Bonchev–Trinajstić information content (AvgIpc) is 2.79. The van der Waals surface area contributed by atoms with Gasteiger partial charge in [-0.05, 0) is 43.7 Å². The third kappa shape index (κ3) is 3.05. The number of amides is 1. The quantitative estimate of drug-likeness (QED) is 0.842. The second-order valence-corrected chi connectivity index (χ2v) is 5.95. The number of nitrogens with one attached hydrogen (secondary N) is 2. The fourth-order valence-corrected chi connectivity index (χ4v) is 3.43. The van der Waals surface area contributed by atoms with E-state index in [2.05, 4.69) is 10.6 Å². The van der Waals surface area contributed by atoms with Crippen LogP contribution in [-0.2, 0) is 4.79 Å². The number of carbonyl (C=O) groups is 1. The van der Waals surface area contributed by atoms with E-state index < -0.39 is 17.5 Å². The van der Waals surface area contributed by atoms with E-state index in [1.54, 1.807) is 0 Å². The predicted octanol–water partition coefficient (Wildman–Crippen LogP) is 2.96. The molecule has 0 aliphatic carbocycles. The molecule has 2 aliphatic rings. The lowest BCUT2D eigenvalue weighted by Crippen LogP contribution is -2.39. The van der Waals surface area contributed by atoms with Crippen LogP contribution in [0.15, 0.2) is 12.1 Å². The maximum absolute atomic E-state index is 13.5. The van der Waals surface area contributed by atoms with E-state index in [1.807, 2.05) is 0 Å². The van der Waals surface area contributed by atoms with E-state index in [0.717, 1.165) is 37.8 Å². The van der Waals surface area contributed by atoms with Crippen LogP contribution in [0.4, 0.5) is 18.9 Å². The summed E-state index contributed by atoms with van der Waals surface area (Å²) in [7, 11) is 0. The lowest BCUT2D eigenvalue weighted by atomic mass is 9.89. The molecule has 21 heavy (non-hydrogen) atoms. The van der Waals surface area contributed by atoms with E-state index >= 15 is 0 Å². The molecule has 0 radical (unpaired) electrons. The number of hydrogen-bond acceptors (Lipinski definition) is 2. The van der Waals surface area contributed by atoms with Crippen molar-refractivity contribution in [3.05, 3.63) is 29.6 Å². The van der Waals surface area contributed by atoms with Gasteiger partial charge in [-0.15, -0.1) is 0 Å². The molecular weight excluding hydrogens is 281 g/mol. The monoisotopic (exact) mass is 298 g/mol. The number of benzene rings is 1. The highest BCUT2D eigenvalue weighted by atomic mass is 19.2. The van der Waals surface area contributed by atoms with Gasteiger partial charge in [0.1, 0.15) is 0 Å². The molecule has 2 aliphatic heterocycles. The van der Waals surface area contributed by atoms with Gasteiger partial charge < -0.3 is 10.6 Å². The van der Waals surface area contributed by atoms with Crippen molar-refractivity contribution in [2.24, 2.45) is 5.92 Å². The summed E-state index contributed by atoms with van der Waals surface area (Å²) in [5.41, 5.74) is -0.309. The van der Waals surface area contributed by atoms with Gasteiger partial charge in [-0.25, -0.2) is 13.2 Å². The molecule has 2 N–H and O–H groups in total. The van der Waals surface area contributed by atoms with Crippen LogP contribution in [0, 0.1) is 23.4 Å². The van der Waals surface area contributed by atoms with Gasteiger partial charge in [-0.3, -0.25) is 4.79 Å². The van der Waals surface area contributed by atoms with Crippen LogP contribution in [0.2, 0.25) is 0 Å². The Labute approximate surface area is 120 Å². The number of hydrogen-bond donors (Lipinski definition) is 2. The molecule has 1 aromatic carbocycles. The first-order valence-electron chi connectivity index (χ1n) is 7.22. The third-order valence-corrected chi connectivity index (χ3v) is 4.35. The van der Waals surface area contributed by atoms with E-state index in [9.17, 15) is 18.0 Å². The summed E-state index contributed by atoms with van der Waals surface area (Å²) in [4.78, 5) is 11.9. The minimum Gasteiger partial charge on any atom is -0.323 e. The summed E-state index contributed by atoms with van der Waals surface area (Å²) in [6.07, 6.45) is 4.43. The molecule has 2 fully saturated rings. The highest BCUT2D eigenvalue weighted by Gasteiger charge is 2.34. The largest absolute Gasteiger partial charge is 0.323 e. The fraction of sp³-hybridized carbons (Fsp3) is 0.533. The lowest BCUT2D eigenvalue weighted by molar-refractivity contribution is -0.117. The molecule has 2 heterocycles. The van der Waals surface area contributed by atoms with Crippen LogP contribution in [-0.4, -0.2) is 18.0 Å². The SMILES string of the molecule is O=C(CC1CC2CCC(C1)N2)Nc1ccc(F)c(F)c1F.